The molecule has 2 amide bonds. The average molecular weight is 477 g/mol. The normalized spacial score (nSPS) is 14.5. The maximum Gasteiger partial charge on any atom is 0.407 e. The first-order chi connectivity index (χ1) is 15.3. The monoisotopic (exact) mass is 476 g/mol. The van der Waals surface area contributed by atoms with E-state index in [-0.39, 0.29) is 30.7 Å². The molecule has 0 aliphatic heterocycles. The van der Waals surface area contributed by atoms with Gasteiger partial charge in [0.15, 0.2) is 8.32 Å². The molecule has 33 heavy (non-hydrogen) atoms. The topological polar surface area (TPSA) is 88.1 Å². The van der Waals surface area contributed by atoms with Crippen LogP contribution in [0.4, 0.5) is 9.59 Å². The number of hydrogen-bond donors (Lipinski definition) is 2. The van der Waals surface area contributed by atoms with Crippen molar-refractivity contribution in [1.82, 2.24) is 10.2 Å². The molecule has 8 heteroatoms. The Balaban J connectivity index is 2.89. The third-order valence-corrected chi connectivity index (χ3v) is 10.8. The number of carboxylic acid groups (broad SMARTS) is 1. The lowest BCUT2D eigenvalue weighted by Crippen LogP contribution is -2.53. The first-order valence-electron chi connectivity index (χ1n) is 11.2. The van der Waals surface area contributed by atoms with Gasteiger partial charge in [0.05, 0.1) is 18.7 Å². The molecular weight excluding hydrogens is 436 g/mol. The molecule has 0 heterocycles. The van der Waals surface area contributed by atoms with E-state index in [0.717, 1.165) is 5.56 Å². The number of rotatable bonds is 12. The Kier molecular flexibility index (Phi) is 10.9. The van der Waals surface area contributed by atoms with Crippen LogP contribution in [0.5, 0.6) is 0 Å². The van der Waals surface area contributed by atoms with Crippen molar-refractivity contribution in [3.05, 3.63) is 61.2 Å². The Bertz CT molecular complexity index is 792. The molecule has 0 aliphatic carbocycles. The van der Waals surface area contributed by atoms with E-state index in [2.05, 4.69) is 52.3 Å². The minimum atomic E-state index is -2.08. The molecule has 1 unspecified atom stereocenters. The molecule has 3 atom stereocenters. The maximum absolute atomic E-state index is 12.4. The maximum atomic E-state index is 12.4. The van der Waals surface area contributed by atoms with E-state index in [4.69, 9.17) is 9.16 Å². The molecule has 0 bridgehead atoms. The molecule has 0 aliphatic rings. The second kappa shape index (κ2) is 12.6. The predicted octanol–water partition coefficient (Wildman–Crippen LogP) is 5.66. The molecule has 1 aromatic rings. The molecular formula is C25H40N2O5Si. The van der Waals surface area contributed by atoms with Crippen LogP contribution < -0.4 is 5.32 Å². The van der Waals surface area contributed by atoms with Crippen molar-refractivity contribution in [2.75, 3.05) is 13.2 Å². The SMILES string of the molecule is C=CC(CO[Si](C)(C)C(C)(C)C)N(C[C@@H](NC(=O)OCc1ccccc1)[C@H](C)C=C)C(=O)O. The largest absolute Gasteiger partial charge is 0.465 e. The molecule has 1 rings (SSSR count). The highest BCUT2D eigenvalue weighted by molar-refractivity contribution is 6.74. The molecule has 184 valence electrons. The number of amides is 2. The summed E-state index contributed by atoms with van der Waals surface area (Å²) in [5.74, 6) is -0.192. The molecule has 0 fully saturated rings. The first-order valence-corrected chi connectivity index (χ1v) is 14.1. The zero-order valence-electron chi connectivity index (χ0n) is 20.8. The minimum Gasteiger partial charge on any atom is -0.465 e. The van der Waals surface area contributed by atoms with Gasteiger partial charge in [-0.15, -0.1) is 13.2 Å². The first kappa shape index (κ1) is 28.4. The van der Waals surface area contributed by atoms with Crippen molar-refractivity contribution in [3.63, 3.8) is 0 Å². The zero-order chi connectivity index (χ0) is 25.2. The number of hydrogen-bond acceptors (Lipinski definition) is 4. The summed E-state index contributed by atoms with van der Waals surface area (Å²) in [4.78, 5) is 25.8. The second-order valence-electron chi connectivity index (χ2n) is 9.72. The lowest BCUT2D eigenvalue weighted by atomic mass is 10.0. The number of benzene rings is 1. The Morgan fingerprint density at radius 3 is 2.27 bits per heavy atom. The van der Waals surface area contributed by atoms with Crippen LogP contribution in [0.25, 0.3) is 0 Å². The molecule has 0 spiro atoms. The fourth-order valence-corrected chi connectivity index (χ4v) is 3.81. The molecule has 7 nitrogen and oxygen atoms in total. The summed E-state index contributed by atoms with van der Waals surface area (Å²) in [7, 11) is -2.08. The Labute approximate surface area is 199 Å². The van der Waals surface area contributed by atoms with Crippen LogP contribution in [-0.4, -0.2) is 55.7 Å². The summed E-state index contributed by atoms with van der Waals surface area (Å²) in [5.41, 5.74) is 0.864. The summed E-state index contributed by atoms with van der Waals surface area (Å²) >= 11 is 0. The summed E-state index contributed by atoms with van der Waals surface area (Å²) in [5, 5.41) is 12.7. The third-order valence-electron chi connectivity index (χ3n) is 6.26. The highest BCUT2D eigenvalue weighted by Gasteiger charge is 2.38. The summed E-state index contributed by atoms with van der Waals surface area (Å²) in [6.07, 6.45) is 1.52. The average Bonchev–Trinajstić information content (AvgIpc) is 2.75. The summed E-state index contributed by atoms with van der Waals surface area (Å²) in [6.45, 7) is 20.5. The van der Waals surface area contributed by atoms with Crippen LogP contribution in [0.2, 0.25) is 18.1 Å². The van der Waals surface area contributed by atoms with Crippen molar-refractivity contribution in [3.8, 4) is 0 Å². The minimum absolute atomic E-state index is 0.00324. The van der Waals surface area contributed by atoms with Crippen molar-refractivity contribution in [1.29, 1.82) is 0 Å². The smallest absolute Gasteiger partial charge is 0.407 e. The molecule has 0 saturated heterocycles. The van der Waals surface area contributed by atoms with E-state index in [0.29, 0.717) is 0 Å². The van der Waals surface area contributed by atoms with Gasteiger partial charge in [-0.25, -0.2) is 9.59 Å². The fraction of sp³-hybridized carbons (Fsp3) is 0.520. The van der Waals surface area contributed by atoms with Crippen LogP contribution in [0.15, 0.2) is 55.6 Å². The number of nitrogens with one attached hydrogen (secondary N) is 1. The summed E-state index contributed by atoms with van der Waals surface area (Å²) in [6, 6.07) is 8.25. The van der Waals surface area contributed by atoms with Gasteiger partial charge in [0.2, 0.25) is 0 Å². The van der Waals surface area contributed by atoms with E-state index in [1.807, 2.05) is 37.3 Å². The number of carbonyl (C=O) groups excluding carboxylic acids is 1. The van der Waals surface area contributed by atoms with Crippen LogP contribution >= 0.6 is 0 Å². The molecule has 1 aromatic carbocycles. The highest BCUT2D eigenvalue weighted by atomic mass is 28.4. The van der Waals surface area contributed by atoms with Gasteiger partial charge in [0.1, 0.15) is 6.61 Å². The predicted molar refractivity (Wildman–Crippen MR) is 135 cm³/mol. The van der Waals surface area contributed by atoms with Gasteiger partial charge >= 0.3 is 12.2 Å². The Hall–Kier alpha value is -2.58. The number of carbonyl (C=O) groups is 2. The van der Waals surface area contributed by atoms with Crippen molar-refractivity contribution >= 4 is 20.5 Å². The van der Waals surface area contributed by atoms with Gasteiger partial charge in [0, 0.05) is 6.54 Å². The lowest BCUT2D eigenvalue weighted by Gasteiger charge is -2.39. The van der Waals surface area contributed by atoms with Gasteiger partial charge in [-0.2, -0.15) is 0 Å². The van der Waals surface area contributed by atoms with E-state index in [1.54, 1.807) is 12.2 Å². The lowest BCUT2D eigenvalue weighted by molar-refractivity contribution is 0.0990. The fourth-order valence-electron chi connectivity index (χ4n) is 2.79. The van der Waals surface area contributed by atoms with Crippen LogP contribution in [0.1, 0.15) is 33.3 Å². The van der Waals surface area contributed by atoms with Crippen molar-refractivity contribution in [2.24, 2.45) is 5.92 Å². The van der Waals surface area contributed by atoms with Gasteiger partial charge in [0.25, 0.3) is 0 Å². The standard InChI is InChI=1S/C25H40N2O5Si/c1-9-19(3)22(26-23(28)31-17-20-14-12-11-13-15-20)16-27(24(29)30)21(10-2)18-32-33(7,8)25(4,5)6/h9-15,19,21-22H,1-2,16-18H2,3-8H3,(H,26,28)(H,29,30)/t19-,21?,22-/m1/s1. The van der Waals surface area contributed by atoms with E-state index < -0.39 is 32.6 Å². The molecule has 0 aromatic heterocycles. The molecule has 0 radical (unpaired) electrons. The van der Waals surface area contributed by atoms with Gasteiger partial charge in [-0.3, -0.25) is 4.90 Å². The van der Waals surface area contributed by atoms with Crippen LogP contribution in [0, 0.1) is 5.92 Å². The van der Waals surface area contributed by atoms with Crippen molar-refractivity contribution < 1.29 is 23.9 Å². The molecule has 0 saturated carbocycles. The van der Waals surface area contributed by atoms with Gasteiger partial charge in [-0.1, -0.05) is 70.2 Å². The highest BCUT2D eigenvalue weighted by Crippen LogP contribution is 2.36. The van der Waals surface area contributed by atoms with E-state index in [1.165, 1.54) is 4.90 Å². The van der Waals surface area contributed by atoms with E-state index >= 15 is 0 Å². The quantitative estimate of drug-likeness (QED) is 0.300. The van der Waals surface area contributed by atoms with Gasteiger partial charge in [-0.05, 0) is 29.6 Å². The second-order valence-corrected chi connectivity index (χ2v) is 14.5. The van der Waals surface area contributed by atoms with Crippen LogP contribution in [0.3, 0.4) is 0 Å². The number of nitrogens with zero attached hydrogens (tertiary/aromatic N) is 1. The Morgan fingerprint density at radius 2 is 1.79 bits per heavy atom. The summed E-state index contributed by atoms with van der Waals surface area (Å²) < 4.78 is 11.6. The number of ether oxygens (including phenoxy) is 1. The zero-order valence-corrected chi connectivity index (χ0v) is 21.8. The van der Waals surface area contributed by atoms with E-state index in [9.17, 15) is 14.7 Å². The van der Waals surface area contributed by atoms with Gasteiger partial charge < -0.3 is 19.6 Å². The third kappa shape index (κ3) is 9.05. The Morgan fingerprint density at radius 1 is 1.18 bits per heavy atom. The number of alkyl carbamates (subject to hydrolysis) is 1. The molecule has 2 N–H and O–H groups in total. The van der Waals surface area contributed by atoms with Crippen molar-refractivity contribution in [2.45, 2.75) is 64.5 Å². The van der Waals surface area contributed by atoms with Crippen LogP contribution in [-0.2, 0) is 15.8 Å².